The van der Waals surface area contributed by atoms with Crippen molar-refractivity contribution in [2.24, 2.45) is 5.41 Å². The van der Waals surface area contributed by atoms with Crippen LogP contribution in [0.25, 0.3) is 0 Å². The average Bonchev–Trinajstić information content (AvgIpc) is 2.42. The van der Waals surface area contributed by atoms with Crippen LogP contribution in [-0.2, 0) is 4.79 Å². The molecule has 0 saturated heterocycles. The second-order valence-corrected chi connectivity index (χ2v) is 6.65. The van der Waals surface area contributed by atoms with E-state index in [1.807, 2.05) is 11.8 Å². The number of hydrogen-bond acceptors (Lipinski definition) is 1. The second kappa shape index (κ2) is 7.06. The molecule has 1 amide bonds. The Labute approximate surface area is 128 Å². The lowest BCUT2D eigenvalue weighted by Gasteiger charge is -2.32. The van der Waals surface area contributed by atoms with Gasteiger partial charge in [-0.15, -0.1) is 0 Å². The molecule has 0 N–H and O–H groups in total. The fourth-order valence-electron chi connectivity index (χ4n) is 2.23. The molecule has 0 spiro atoms. The zero-order valence-corrected chi connectivity index (χ0v) is 14.2. The Bertz CT molecular complexity index is 496. The largest absolute Gasteiger partial charge is 0.310 e. The van der Waals surface area contributed by atoms with Crippen LogP contribution in [0, 0.1) is 18.2 Å². The zero-order chi connectivity index (χ0) is 16.2. The molecule has 0 fully saturated rings. The molecule has 0 aromatic heterocycles. The summed E-state index contributed by atoms with van der Waals surface area (Å²) in [4.78, 5) is 14.6. The first kappa shape index (κ1) is 17.7. The maximum absolute atomic E-state index is 13.5. The second-order valence-electron chi connectivity index (χ2n) is 6.65. The highest BCUT2D eigenvalue weighted by molar-refractivity contribution is 5.94. The van der Waals surface area contributed by atoms with Crippen LogP contribution in [0.1, 0.15) is 59.4 Å². The summed E-state index contributed by atoms with van der Waals surface area (Å²) in [7, 11) is 0. The van der Waals surface area contributed by atoms with Crippen molar-refractivity contribution in [2.45, 2.75) is 66.8 Å². The van der Waals surface area contributed by atoms with E-state index in [1.54, 1.807) is 19.1 Å². The van der Waals surface area contributed by atoms with Gasteiger partial charge in [-0.25, -0.2) is 4.39 Å². The lowest BCUT2D eigenvalue weighted by molar-refractivity contribution is -0.121. The third kappa shape index (κ3) is 4.55. The predicted octanol–water partition coefficient (Wildman–Crippen LogP) is 5.09. The summed E-state index contributed by atoms with van der Waals surface area (Å²) in [6.07, 6.45) is 2.33. The predicted molar refractivity (Wildman–Crippen MR) is 87.1 cm³/mol. The average molecular weight is 293 g/mol. The first-order valence-corrected chi connectivity index (χ1v) is 7.80. The van der Waals surface area contributed by atoms with Crippen molar-refractivity contribution in [3.8, 4) is 0 Å². The molecule has 118 valence electrons. The molecule has 1 rings (SSSR count). The summed E-state index contributed by atoms with van der Waals surface area (Å²) in [5, 5.41) is 0. The number of rotatable bonds is 6. The van der Waals surface area contributed by atoms with Crippen LogP contribution >= 0.6 is 0 Å². The van der Waals surface area contributed by atoms with Crippen molar-refractivity contribution < 1.29 is 9.18 Å². The molecule has 21 heavy (non-hydrogen) atoms. The molecule has 1 aromatic carbocycles. The van der Waals surface area contributed by atoms with Gasteiger partial charge >= 0.3 is 0 Å². The Hall–Kier alpha value is -1.38. The van der Waals surface area contributed by atoms with E-state index in [0.29, 0.717) is 12.0 Å². The fourth-order valence-corrected chi connectivity index (χ4v) is 2.23. The van der Waals surface area contributed by atoms with E-state index in [4.69, 9.17) is 0 Å². The van der Waals surface area contributed by atoms with Crippen LogP contribution < -0.4 is 4.90 Å². The van der Waals surface area contributed by atoms with Crippen LogP contribution in [-0.4, -0.2) is 11.9 Å². The lowest BCUT2D eigenvalue weighted by atomic mass is 9.85. The minimum atomic E-state index is -0.232. The molecule has 0 radical (unpaired) electrons. The maximum Gasteiger partial charge on any atom is 0.227 e. The van der Waals surface area contributed by atoms with E-state index in [2.05, 4.69) is 27.7 Å². The number of halogens is 1. The molecule has 3 heteroatoms. The van der Waals surface area contributed by atoms with E-state index < -0.39 is 0 Å². The first-order chi connectivity index (χ1) is 9.71. The van der Waals surface area contributed by atoms with E-state index in [-0.39, 0.29) is 23.2 Å². The number of aryl methyl sites for hydroxylation is 1. The van der Waals surface area contributed by atoms with Gasteiger partial charge in [-0.3, -0.25) is 4.79 Å². The Morgan fingerprint density at radius 2 is 1.95 bits per heavy atom. The molecule has 1 atom stereocenters. The van der Waals surface area contributed by atoms with Gasteiger partial charge < -0.3 is 4.90 Å². The van der Waals surface area contributed by atoms with Crippen molar-refractivity contribution in [1.82, 2.24) is 0 Å². The topological polar surface area (TPSA) is 20.3 Å². The fraction of sp³-hybridized carbons (Fsp3) is 0.611. The summed E-state index contributed by atoms with van der Waals surface area (Å²) >= 11 is 0. The lowest BCUT2D eigenvalue weighted by Crippen LogP contribution is -2.40. The van der Waals surface area contributed by atoms with Crippen LogP contribution in [0.2, 0.25) is 0 Å². The molecule has 1 aromatic rings. The third-order valence-electron chi connectivity index (χ3n) is 4.31. The highest BCUT2D eigenvalue weighted by Gasteiger charge is 2.27. The normalized spacial score (nSPS) is 13.1. The monoisotopic (exact) mass is 293 g/mol. The number of nitrogens with zero attached hydrogens (tertiary/aromatic N) is 1. The molecule has 2 nitrogen and oxygen atoms in total. The third-order valence-corrected chi connectivity index (χ3v) is 4.31. The van der Waals surface area contributed by atoms with Crippen molar-refractivity contribution in [3.05, 3.63) is 29.6 Å². The van der Waals surface area contributed by atoms with Crippen LogP contribution in [0.3, 0.4) is 0 Å². The molecule has 0 heterocycles. The van der Waals surface area contributed by atoms with Gasteiger partial charge in [-0.2, -0.15) is 0 Å². The van der Waals surface area contributed by atoms with Gasteiger partial charge in [0.25, 0.3) is 0 Å². The minimum absolute atomic E-state index is 0.0160. The Kier molecular flexibility index (Phi) is 5.94. The van der Waals surface area contributed by atoms with Crippen LogP contribution in [0.4, 0.5) is 10.1 Å². The SMILES string of the molecule is CCC(C)N(C(=O)CC(C)(C)CC)c1ccc(F)c(C)c1. The van der Waals surface area contributed by atoms with Crippen LogP contribution in [0.5, 0.6) is 0 Å². The summed E-state index contributed by atoms with van der Waals surface area (Å²) in [6.45, 7) is 12.1. The molecule has 0 saturated carbocycles. The minimum Gasteiger partial charge on any atom is -0.310 e. The van der Waals surface area contributed by atoms with Gasteiger partial charge in [0, 0.05) is 18.2 Å². The molecule has 0 aliphatic rings. The van der Waals surface area contributed by atoms with Gasteiger partial charge in [0.05, 0.1) is 0 Å². The molecular weight excluding hydrogens is 265 g/mol. The van der Waals surface area contributed by atoms with E-state index >= 15 is 0 Å². The molecule has 1 unspecified atom stereocenters. The van der Waals surface area contributed by atoms with Crippen LogP contribution in [0.15, 0.2) is 18.2 Å². The Morgan fingerprint density at radius 1 is 1.33 bits per heavy atom. The standard InChI is InChI=1S/C18H28FNO/c1-7-14(4)20(17(21)12-18(5,6)8-2)15-9-10-16(19)13(3)11-15/h9-11,14H,7-8,12H2,1-6H3. The van der Waals surface area contributed by atoms with Gasteiger partial charge in [0.1, 0.15) is 5.82 Å². The maximum atomic E-state index is 13.5. The van der Waals surface area contributed by atoms with Crippen molar-refractivity contribution >= 4 is 11.6 Å². The highest BCUT2D eigenvalue weighted by atomic mass is 19.1. The molecule has 0 aliphatic heterocycles. The number of amides is 1. The highest BCUT2D eigenvalue weighted by Crippen LogP contribution is 2.29. The molecular formula is C18H28FNO. The van der Waals surface area contributed by atoms with E-state index in [0.717, 1.165) is 18.5 Å². The molecule has 0 bridgehead atoms. The Balaban J connectivity index is 3.11. The quantitative estimate of drug-likeness (QED) is 0.715. The van der Waals surface area contributed by atoms with Gasteiger partial charge in [-0.05, 0) is 49.4 Å². The number of hydrogen-bond donors (Lipinski definition) is 0. The van der Waals surface area contributed by atoms with Crippen molar-refractivity contribution in [2.75, 3.05) is 4.90 Å². The van der Waals surface area contributed by atoms with Crippen molar-refractivity contribution in [3.63, 3.8) is 0 Å². The smallest absolute Gasteiger partial charge is 0.227 e. The van der Waals surface area contributed by atoms with Crippen molar-refractivity contribution in [1.29, 1.82) is 0 Å². The number of benzene rings is 1. The summed E-state index contributed by atoms with van der Waals surface area (Å²) in [5.74, 6) is -0.119. The number of anilines is 1. The van der Waals surface area contributed by atoms with Gasteiger partial charge in [0.2, 0.25) is 5.91 Å². The van der Waals surface area contributed by atoms with Gasteiger partial charge in [-0.1, -0.05) is 34.1 Å². The first-order valence-electron chi connectivity index (χ1n) is 7.80. The summed E-state index contributed by atoms with van der Waals surface area (Å²) in [6, 6.07) is 5.01. The number of carbonyl (C=O) groups is 1. The molecule has 0 aliphatic carbocycles. The zero-order valence-electron chi connectivity index (χ0n) is 14.2. The van der Waals surface area contributed by atoms with Gasteiger partial charge in [0.15, 0.2) is 0 Å². The summed E-state index contributed by atoms with van der Waals surface area (Å²) in [5.41, 5.74) is 1.35. The number of carbonyl (C=O) groups excluding carboxylic acids is 1. The summed E-state index contributed by atoms with van der Waals surface area (Å²) < 4.78 is 13.5. The Morgan fingerprint density at radius 3 is 2.43 bits per heavy atom. The van der Waals surface area contributed by atoms with E-state index in [9.17, 15) is 9.18 Å². The van der Waals surface area contributed by atoms with E-state index in [1.165, 1.54) is 6.07 Å².